The van der Waals surface area contributed by atoms with Gasteiger partial charge in [0.05, 0.1) is 16.7 Å². The summed E-state index contributed by atoms with van der Waals surface area (Å²) in [6.07, 6.45) is 3.31. The molecule has 0 radical (unpaired) electrons. The van der Waals surface area contributed by atoms with E-state index in [2.05, 4.69) is 11.4 Å². The summed E-state index contributed by atoms with van der Waals surface area (Å²) in [4.78, 5) is 0. The van der Waals surface area contributed by atoms with Crippen molar-refractivity contribution in [1.82, 2.24) is 5.32 Å². The Labute approximate surface area is 117 Å². The molecule has 1 heterocycles. The van der Waals surface area contributed by atoms with Crippen LogP contribution in [0.5, 0.6) is 0 Å². The van der Waals surface area contributed by atoms with E-state index in [0.717, 1.165) is 29.6 Å². The van der Waals surface area contributed by atoms with Crippen LogP contribution in [0.1, 0.15) is 31.1 Å². The molecule has 0 aliphatic heterocycles. The second kappa shape index (κ2) is 4.82. The zero-order chi connectivity index (χ0) is 13.5. The van der Waals surface area contributed by atoms with Crippen molar-refractivity contribution in [2.45, 2.75) is 30.9 Å². The molecule has 1 aliphatic carbocycles. The molecule has 3 nitrogen and oxygen atoms in total. The first-order valence-corrected chi connectivity index (χ1v) is 6.98. The second-order valence-electron chi connectivity index (χ2n) is 5.15. The van der Waals surface area contributed by atoms with E-state index in [0.29, 0.717) is 5.02 Å². The Hall–Kier alpha value is -1.03. The number of halogens is 1. The lowest BCUT2D eigenvalue weighted by atomic mass is 9.73. The van der Waals surface area contributed by atoms with Gasteiger partial charge in [0.15, 0.2) is 5.58 Å². The summed E-state index contributed by atoms with van der Waals surface area (Å²) in [5, 5.41) is 5.02. The number of fused-ring (bicyclic) bond motifs is 1. The molecule has 1 aromatic heterocycles. The lowest BCUT2D eigenvalue weighted by molar-refractivity contribution is -0.102. The van der Waals surface area contributed by atoms with Gasteiger partial charge in [-0.25, -0.2) is 0 Å². The zero-order valence-electron chi connectivity index (χ0n) is 11.2. The molecule has 0 saturated heterocycles. The molecule has 1 saturated carbocycles. The summed E-state index contributed by atoms with van der Waals surface area (Å²) >= 11 is 6.17. The van der Waals surface area contributed by atoms with Crippen molar-refractivity contribution < 1.29 is 9.15 Å². The Morgan fingerprint density at radius 3 is 2.74 bits per heavy atom. The van der Waals surface area contributed by atoms with Crippen LogP contribution < -0.4 is 5.32 Å². The lowest BCUT2D eigenvalue weighted by Crippen LogP contribution is -2.49. The number of nitrogens with one attached hydrogen (secondary N) is 1. The third-order valence-electron chi connectivity index (χ3n) is 4.22. The minimum Gasteiger partial charge on any atom is -0.458 e. The van der Waals surface area contributed by atoms with E-state index in [1.165, 1.54) is 6.42 Å². The van der Waals surface area contributed by atoms with Gasteiger partial charge < -0.3 is 14.5 Å². The van der Waals surface area contributed by atoms with Crippen LogP contribution >= 0.6 is 11.6 Å². The predicted octanol–water partition coefficient (Wildman–Crippen LogP) is 3.92. The molecule has 4 heteroatoms. The van der Waals surface area contributed by atoms with Crippen molar-refractivity contribution >= 4 is 22.6 Å². The summed E-state index contributed by atoms with van der Waals surface area (Å²) in [7, 11) is 3.72. The fraction of sp³-hybridized carbons (Fsp3) is 0.467. The number of likely N-dealkylation sites (N-methyl/N-ethyl adjacent to an activating group) is 1. The van der Waals surface area contributed by atoms with Crippen LogP contribution in [0.4, 0.5) is 0 Å². The van der Waals surface area contributed by atoms with Gasteiger partial charge in [0.1, 0.15) is 5.76 Å². The quantitative estimate of drug-likeness (QED) is 0.921. The zero-order valence-corrected chi connectivity index (χ0v) is 12.0. The average Bonchev–Trinajstić information content (AvgIpc) is 2.78. The highest BCUT2D eigenvalue weighted by Crippen LogP contribution is 2.46. The third-order valence-corrected chi connectivity index (χ3v) is 4.52. The van der Waals surface area contributed by atoms with Gasteiger partial charge in [0.2, 0.25) is 0 Å². The Morgan fingerprint density at radius 1 is 1.42 bits per heavy atom. The highest BCUT2D eigenvalue weighted by molar-refractivity contribution is 6.34. The first-order chi connectivity index (χ1) is 9.20. The molecule has 1 atom stereocenters. The van der Waals surface area contributed by atoms with E-state index in [1.54, 1.807) is 7.11 Å². The van der Waals surface area contributed by atoms with E-state index in [4.69, 9.17) is 20.8 Å². The summed E-state index contributed by atoms with van der Waals surface area (Å²) < 4.78 is 11.7. The van der Waals surface area contributed by atoms with Gasteiger partial charge >= 0.3 is 0 Å². The molecule has 1 aliphatic rings. The molecule has 102 valence electrons. The number of benzene rings is 1. The van der Waals surface area contributed by atoms with Crippen LogP contribution in [-0.4, -0.2) is 19.8 Å². The number of rotatable bonds is 4. The minimum absolute atomic E-state index is 0.0646. The Bertz CT molecular complexity index is 583. The Morgan fingerprint density at radius 2 is 2.21 bits per heavy atom. The summed E-state index contributed by atoms with van der Waals surface area (Å²) in [5.74, 6) is 0.896. The normalized spacial score (nSPS) is 19.3. The van der Waals surface area contributed by atoms with E-state index in [9.17, 15) is 0 Å². The summed E-state index contributed by atoms with van der Waals surface area (Å²) in [6.45, 7) is 0. The van der Waals surface area contributed by atoms with Crippen molar-refractivity contribution in [2.24, 2.45) is 0 Å². The largest absolute Gasteiger partial charge is 0.458 e. The highest BCUT2D eigenvalue weighted by Gasteiger charge is 2.46. The number of hydrogen-bond acceptors (Lipinski definition) is 3. The van der Waals surface area contributed by atoms with E-state index in [1.807, 2.05) is 25.2 Å². The molecule has 0 spiro atoms. The van der Waals surface area contributed by atoms with Gasteiger partial charge in [-0.05, 0) is 38.4 Å². The van der Waals surface area contributed by atoms with Gasteiger partial charge in [0.25, 0.3) is 0 Å². The van der Waals surface area contributed by atoms with Gasteiger partial charge in [-0.2, -0.15) is 0 Å². The molecule has 1 fully saturated rings. The predicted molar refractivity (Wildman–Crippen MR) is 76.6 cm³/mol. The molecule has 1 N–H and O–H groups in total. The Balaban J connectivity index is 2.04. The van der Waals surface area contributed by atoms with E-state index >= 15 is 0 Å². The van der Waals surface area contributed by atoms with Crippen LogP contribution in [0.3, 0.4) is 0 Å². The van der Waals surface area contributed by atoms with E-state index in [-0.39, 0.29) is 11.6 Å². The lowest BCUT2D eigenvalue weighted by Gasteiger charge is -2.45. The van der Waals surface area contributed by atoms with Gasteiger partial charge in [-0.15, -0.1) is 0 Å². The molecule has 19 heavy (non-hydrogen) atoms. The van der Waals surface area contributed by atoms with Crippen molar-refractivity contribution in [2.75, 3.05) is 14.2 Å². The van der Waals surface area contributed by atoms with Crippen molar-refractivity contribution in [3.63, 3.8) is 0 Å². The maximum absolute atomic E-state index is 6.17. The summed E-state index contributed by atoms with van der Waals surface area (Å²) in [5.41, 5.74) is 0.611. The van der Waals surface area contributed by atoms with Crippen molar-refractivity contribution in [1.29, 1.82) is 0 Å². The molecule has 3 rings (SSSR count). The molecule has 1 unspecified atom stereocenters. The van der Waals surface area contributed by atoms with Gasteiger partial charge in [-0.3, -0.25) is 0 Å². The van der Waals surface area contributed by atoms with Crippen molar-refractivity contribution in [3.8, 4) is 0 Å². The number of furan rings is 1. The molecular weight excluding hydrogens is 262 g/mol. The van der Waals surface area contributed by atoms with Crippen LogP contribution in [0.25, 0.3) is 11.0 Å². The SMILES string of the molecule is CNC(c1cc2cccc(Cl)c2o1)C1(OC)CCC1. The maximum atomic E-state index is 6.17. The van der Waals surface area contributed by atoms with Crippen LogP contribution in [0, 0.1) is 0 Å². The number of para-hydroxylation sites is 1. The number of ether oxygens (including phenoxy) is 1. The standard InChI is InChI=1S/C15H18ClNO2/c1-17-14(15(18-2)7-4-8-15)12-9-10-5-3-6-11(16)13(10)19-12/h3,5-6,9,14,17H,4,7-8H2,1-2H3. The maximum Gasteiger partial charge on any atom is 0.152 e. The third kappa shape index (κ3) is 1.97. The second-order valence-corrected chi connectivity index (χ2v) is 5.56. The van der Waals surface area contributed by atoms with Crippen LogP contribution in [-0.2, 0) is 4.74 Å². The molecule has 2 aromatic rings. The van der Waals surface area contributed by atoms with Crippen LogP contribution in [0.2, 0.25) is 5.02 Å². The monoisotopic (exact) mass is 279 g/mol. The smallest absolute Gasteiger partial charge is 0.152 e. The number of methoxy groups -OCH3 is 1. The molecule has 1 aromatic carbocycles. The Kier molecular flexibility index (Phi) is 3.29. The first kappa shape index (κ1) is 13.0. The number of hydrogen-bond donors (Lipinski definition) is 1. The van der Waals surface area contributed by atoms with E-state index < -0.39 is 0 Å². The minimum atomic E-state index is -0.144. The van der Waals surface area contributed by atoms with Gasteiger partial charge in [0, 0.05) is 12.5 Å². The van der Waals surface area contributed by atoms with Crippen LogP contribution in [0.15, 0.2) is 28.7 Å². The molecule has 0 bridgehead atoms. The van der Waals surface area contributed by atoms with Gasteiger partial charge in [-0.1, -0.05) is 23.7 Å². The summed E-state index contributed by atoms with van der Waals surface area (Å²) in [6, 6.07) is 7.92. The molecule has 0 amide bonds. The van der Waals surface area contributed by atoms with Crippen molar-refractivity contribution in [3.05, 3.63) is 35.0 Å². The fourth-order valence-corrected chi connectivity index (χ4v) is 3.21. The highest BCUT2D eigenvalue weighted by atomic mass is 35.5. The average molecular weight is 280 g/mol. The first-order valence-electron chi connectivity index (χ1n) is 6.60. The fourth-order valence-electron chi connectivity index (χ4n) is 2.99. The topological polar surface area (TPSA) is 34.4 Å². The molecular formula is C15H18ClNO2.